The second kappa shape index (κ2) is 5.21. The van der Waals surface area contributed by atoms with Gasteiger partial charge in [0.25, 0.3) is 5.91 Å². The maximum Gasteiger partial charge on any atom is 0.254 e. The Bertz CT molecular complexity index is 545. The zero-order valence-electron chi connectivity index (χ0n) is 11.1. The third kappa shape index (κ3) is 2.37. The van der Waals surface area contributed by atoms with Gasteiger partial charge in [-0.2, -0.15) is 5.10 Å². The molecule has 4 nitrogen and oxygen atoms in total. The SMILES string of the molecule is CCCN(C(=O)c1ccc2cn[nH]c2c1)C(C)C. The molecule has 0 aliphatic rings. The lowest BCUT2D eigenvalue weighted by atomic mass is 10.1. The van der Waals surface area contributed by atoms with E-state index in [0.717, 1.165) is 23.9 Å². The molecule has 0 fully saturated rings. The summed E-state index contributed by atoms with van der Waals surface area (Å²) in [7, 11) is 0. The number of amides is 1. The monoisotopic (exact) mass is 245 g/mol. The highest BCUT2D eigenvalue weighted by atomic mass is 16.2. The van der Waals surface area contributed by atoms with Gasteiger partial charge in [0, 0.05) is 23.5 Å². The van der Waals surface area contributed by atoms with Crippen LogP contribution in [0, 0.1) is 0 Å². The number of hydrogen-bond acceptors (Lipinski definition) is 2. The fourth-order valence-corrected chi connectivity index (χ4v) is 2.07. The molecular formula is C14H19N3O. The second-order valence-electron chi connectivity index (χ2n) is 4.76. The summed E-state index contributed by atoms with van der Waals surface area (Å²) < 4.78 is 0. The quantitative estimate of drug-likeness (QED) is 0.900. The molecular weight excluding hydrogens is 226 g/mol. The number of benzene rings is 1. The van der Waals surface area contributed by atoms with Crippen molar-refractivity contribution in [1.29, 1.82) is 0 Å². The van der Waals surface area contributed by atoms with Crippen molar-refractivity contribution < 1.29 is 4.79 Å². The van der Waals surface area contributed by atoms with E-state index in [0.29, 0.717) is 5.56 Å². The third-order valence-corrected chi connectivity index (χ3v) is 3.04. The molecule has 2 aromatic rings. The Labute approximate surface area is 107 Å². The van der Waals surface area contributed by atoms with E-state index in [1.54, 1.807) is 6.20 Å². The number of nitrogens with zero attached hydrogens (tertiary/aromatic N) is 2. The van der Waals surface area contributed by atoms with Crippen LogP contribution in [-0.4, -0.2) is 33.6 Å². The number of hydrogen-bond donors (Lipinski definition) is 1. The van der Waals surface area contributed by atoms with Gasteiger partial charge in [-0.05, 0) is 32.4 Å². The molecule has 1 N–H and O–H groups in total. The minimum atomic E-state index is 0.0864. The molecule has 0 saturated carbocycles. The molecule has 18 heavy (non-hydrogen) atoms. The van der Waals surface area contributed by atoms with E-state index in [-0.39, 0.29) is 11.9 Å². The topological polar surface area (TPSA) is 49.0 Å². The molecule has 1 amide bonds. The number of carbonyl (C=O) groups excluding carboxylic acids is 1. The van der Waals surface area contributed by atoms with Gasteiger partial charge >= 0.3 is 0 Å². The zero-order valence-corrected chi connectivity index (χ0v) is 11.1. The van der Waals surface area contributed by atoms with Crippen LogP contribution in [-0.2, 0) is 0 Å². The first-order valence-electron chi connectivity index (χ1n) is 6.37. The number of carbonyl (C=O) groups is 1. The van der Waals surface area contributed by atoms with E-state index in [1.807, 2.05) is 36.9 Å². The average molecular weight is 245 g/mol. The Kier molecular flexibility index (Phi) is 3.65. The van der Waals surface area contributed by atoms with E-state index in [4.69, 9.17) is 0 Å². The highest BCUT2D eigenvalue weighted by Crippen LogP contribution is 2.15. The van der Waals surface area contributed by atoms with E-state index in [2.05, 4.69) is 17.1 Å². The van der Waals surface area contributed by atoms with E-state index >= 15 is 0 Å². The van der Waals surface area contributed by atoms with Crippen LogP contribution in [0.25, 0.3) is 10.9 Å². The predicted molar refractivity (Wildman–Crippen MR) is 72.6 cm³/mol. The molecule has 0 unspecified atom stereocenters. The summed E-state index contributed by atoms with van der Waals surface area (Å²) in [5.74, 6) is 0.0864. The highest BCUT2D eigenvalue weighted by molar-refractivity contribution is 5.97. The first-order chi connectivity index (χ1) is 8.63. The Morgan fingerprint density at radius 2 is 2.22 bits per heavy atom. The smallest absolute Gasteiger partial charge is 0.254 e. The summed E-state index contributed by atoms with van der Waals surface area (Å²) in [4.78, 5) is 14.3. The molecule has 0 aliphatic heterocycles. The van der Waals surface area contributed by atoms with Crippen LogP contribution in [0.4, 0.5) is 0 Å². The van der Waals surface area contributed by atoms with Gasteiger partial charge in [-0.15, -0.1) is 0 Å². The molecule has 0 bridgehead atoms. The Morgan fingerprint density at radius 1 is 1.44 bits per heavy atom. The van der Waals surface area contributed by atoms with E-state index < -0.39 is 0 Å². The molecule has 4 heteroatoms. The van der Waals surface area contributed by atoms with Crippen LogP contribution in [0.5, 0.6) is 0 Å². The molecule has 0 atom stereocenters. The summed E-state index contributed by atoms with van der Waals surface area (Å²) in [6.07, 6.45) is 2.73. The molecule has 0 aliphatic carbocycles. The van der Waals surface area contributed by atoms with E-state index in [9.17, 15) is 4.79 Å². The highest BCUT2D eigenvalue weighted by Gasteiger charge is 2.18. The zero-order chi connectivity index (χ0) is 13.1. The summed E-state index contributed by atoms with van der Waals surface area (Å²) in [5, 5.41) is 7.89. The number of aromatic nitrogens is 2. The lowest BCUT2D eigenvalue weighted by Crippen LogP contribution is -2.37. The maximum absolute atomic E-state index is 12.4. The van der Waals surface area contributed by atoms with E-state index in [1.165, 1.54) is 0 Å². The molecule has 96 valence electrons. The Morgan fingerprint density at radius 3 is 2.89 bits per heavy atom. The van der Waals surface area contributed by atoms with Crippen LogP contribution in [0.2, 0.25) is 0 Å². The predicted octanol–water partition coefficient (Wildman–Crippen LogP) is 2.82. The standard InChI is InChI=1S/C14H19N3O/c1-4-7-17(10(2)3)14(18)11-5-6-12-9-15-16-13(12)8-11/h5-6,8-10H,4,7H2,1-3H3,(H,15,16). The molecule has 1 aromatic heterocycles. The number of aromatic amines is 1. The number of nitrogens with one attached hydrogen (secondary N) is 1. The van der Waals surface area contributed by atoms with Gasteiger partial charge in [0.15, 0.2) is 0 Å². The van der Waals surface area contributed by atoms with Gasteiger partial charge in [-0.1, -0.05) is 13.0 Å². The van der Waals surface area contributed by atoms with Crippen molar-refractivity contribution in [2.75, 3.05) is 6.54 Å². The summed E-state index contributed by atoms with van der Waals surface area (Å²) in [5.41, 5.74) is 1.62. The van der Waals surface area contributed by atoms with Crippen molar-refractivity contribution in [2.24, 2.45) is 0 Å². The third-order valence-electron chi connectivity index (χ3n) is 3.04. The van der Waals surface area contributed by atoms with Gasteiger partial charge < -0.3 is 4.90 Å². The first-order valence-corrected chi connectivity index (χ1v) is 6.37. The van der Waals surface area contributed by atoms with Crippen molar-refractivity contribution in [3.8, 4) is 0 Å². The normalized spacial score (nSPS) is 11.1. The van der Waals surface area contributed by atoms with Crippen molar-refractivity contribution >= 4 is 16.8 Å². The van der Waals surface area contributed by atoms with Crippen LogP contribution in [0.3, 0.4) is 0 Å². The van der Waals surface area contributed by atoms with Crippen molar-refractivity contribution in [3.05, 3.63) is 30.0 Å². The second-order valence-corrected chi connectivity index (χ2v) is 4.76. The minimum Gasteiger partial charge on any atom is -0.336 e. The molecule has 1 heterocycles. The molecule has 0 radical (unpaired) electrons. The number of fused-ring (bicyclic) bond motifs is 1. The van der Waals surface area contributed by atoms with Crippen molar-refractivity contribution in [3.63, 3.8) is 0 Å². The summed E-state index contributed by atoms with van der Waals surface area (Å²) >= 11 is 0. The number of rotatable bonds is 4. The van der Waals surface area contributed by atoms with Gasteiger partial charge in [0.1, 0.15) is 0 Å². The fraction of sp³-hybridized carbons (Fsp3) is 0.429. The van der Waals surface area contributed by atoms with Gasteiger partial charge in [0.2, 0.25) is 0 Å². The van der Waals surface area contributed by atoms with Crippen molar-refractivity contribution in [1.82, 2.24) is 15.1 Å². The van der Waals surface area contributed by atoms with Crippen LogP contribution in [0.15, 0.2) is 24.4 Å². The first kappa shape index (κ1) is 12.6. The molecule has 0 spiro atoms. The summed E-state index contributed by atoms with van der Waals surface area (Å²) in [6, 6.07) is 5.88. The van der Waals surface area contributed by atoms with Gasteiger partial charge in [-0.3, -0.25) is 9.89 Å². The van der Waals surface area contributed by atoms with Crippen LogP contribution < -0.4 is 0 Å². The Hall–Kier alpha value is -1.84. The van der Waals surface area contributed by atoms with Crippen LogP contribution >= 0.6 is 0 Å². The van der Waals surface area contributed by atoms with Crippen molar-refractivity contribution in [2.45, 2.75) is 33.2 Å². The molecule has 0 saturated heterocycles. The van der Waals surface area contributed by atoms with Crippen LogP contribution in [0.1, 0.15) is 37.6 Å². The fourth-order valence-electron chi connectivity index (χ4n) is 2.07. The minimum absolute atomic E-state index is 0.0864. The lowest BCUT2D eigenvalue weighted by Gasteiger charge is -2.26. The largest absolute Gasteiger partial charge is 0.336 e. The molecule has 2 rings (SSSR count). The lowest BCUT2D eigenvalue weighted by molar-refractivity contribution is 0.0706. The molecule has 1 aromatic carbocycles. The Balaban J connectivity index is 2.30. The summed E-state index contributed by atoms with van der Waals surface area (Å²) in [6.45, 7) is 6.96. The number of H-pyrrole nitrogens is 1. The average Bonchev–Trinajstić information content (AvgIpc) is 2.81. The van der Waals surface area contributed by atoms with Gasteiger partial charge in [0.05, 0.1) is 11.7 Å². The maximum atomic E-state index is 12.4. The van der Waals surface area contributed by atoms with Gasteiger partial charge in [-0.25, -0.2) is 0 Å².